The van der Waals surface area contributed by atoms with E-state index in [0.29, 0.717) is 12.0 Å². The van der Waals surface area contributed by atoms with Crippen molar-refractivity contribution in [3.05, 3.63) is 34.9 Å². The third kappa shape index (κ3) is 4.86. The molecule has 4 heteroatoms. The Morgan fingerprint density at radius 1 is 1.28 bits per heavy atom. The minimum atomic E-state index is -1.44. The lowest BCUT2D eigenvalue weighted by atomic mass is 10.1. The Morgan fingerprint density at radius 2 is 1.94 bits per heavy atom. The van der Waals surface area contributed by atoms with Crippen molar-refractivity contribution in [3.8, 4) is 17.5 Å². The minimum Gasteiger partial charge on any atom is -0.463 e. The minimum absolute atomic E-state index is 0.167. The molecule has 0 aromatic heterocycles. The molecular weight excluding hydrogens is 242 g/mol. The van der Waals surface area contributed by atoms with Crippen LogP contribution in [0.15, 0.2) is 18.2 Å². The van der Waals surface area contributed by atoms with Crippen LogP contribution in [0.1, 0.15) is 16.7 Å². The summed E-state index contributed by atoms with van der Waals surface area (Å²) >= 11 is 0. The maximum atomic E-state index is 10.2. The summed E-state index contributed by atoms with van der Waals surface area (Å²) in [6, 6.07) is 7.37. The molecule has 0 saturated carbocycles. The van der Waals surface area contributed by atoms with Gasteiger partial charge in [0.05, 0.1) is 11.6 Å². The molecule has 0 N–H and O–H groups in total. The summed E-state index contributed by atoms with van der Waals surface area (Å²) in [5, 5.41) is 8.94. The lowest BCUT2D eigenvalue weighted by Gasteiger charge is -2.05. The van der Waals surface area contributed by atoms with Crippen LogP contribution in [0, 0.1) is 22.8 Å². The van der Waals surface area contributed by atoms with Crippen LogP contribution in [-0.2, 0) is 16.1 Å². The van der Waals surface area contributed by atoms with E-state index < -0.39 is 8.07 Å². The molecule has 1 aromatic rings. The molecule has 0 amide bonds. The topological polar surface area (TPSA) is 50.1 Å². The Balaban J connectivity index is 3.07. The van der Waals surface area contributed by atoms with Crippen molar-refractivity contribution in [1.29, 1.82) is 5.26 Å². The maximum absolute atomic E-state index is 10.2. The maximum Gasteiger partial charge on any atom is 0.293 e. The Kier molecular flexibility index (Phi) is 4.71. The first-order chi connectivity index (χ1) is 8.44. The van der Waals surface area contributed by atoms with Crippen molar-refractivity contribution in [2.75, 3.05) is 0 Å². The van der Waals surface area contributed by atoms with Gasteiger partial charge < -0.3 is 4.74 Å². The van der Waals surface area contributed by atoms with E-state index in [9.17, 15) is 4.79 Å². The van der Waals surface area contributed by atoms with Gasteiger partial charge in [-0.1, -0.05) is 25.6 Å². The van der Waals surface area contributed by atoms with Crippen molar-refractivity contribution in [2.45, 2.75) is 26.2 Å². The highest BCUT2D eigenvalue weighted by Gasteiger charge is 2.07. The van der Waals surface area contributed by atoms with Crippen molar-refractivity contribution in [2.24, 2.45) is 0 Å². The predicted octanol–water partition coefficient (Wildman–Crippen LogP) is 2.46. The quantitative estimate of drug-likeness (QED) is 0.475. The van der Waals surface area contributed by atoms with E-state index in [1.54, 1.807) is 12.1 Å². The van der Waals surface area contributed by atoms with Gasteiger partial charge in [0, 0.05) is 5.56 Å². The summed E-state index contributed by atoms with van der Waals surface area (Å²) in [5.74, 6) is 3.09. The molecule has 0 fully saturated rings. The lowest BCUT2D eigenvalue weighted by Crippen LogP contribution is -2.16. The van der Waals surface area contributed by atoms with Crippen LogP contribution in [0.3, 0.4) is 0 Å². The van der Waals surface area contributed by atoms with E-state index in [-0.39, 0.29) is 6.61 Å². The summed E-state index contributed by atoms with van der Waals surface area (Å²) in [6.07, 6.45) is 0. The van der Waals surface area contributed by atoms with Gasteiger partial charge in [0.15, 0.2) is 0 Å². The SMILES string of the molecule is C[Si](C)(C)C#Cc1cc(C#N)cc(COC=O)c1. The van der Waals surface area contributed by atoms with Gasteiger partial charge in [-0.25, -0.2) is 0 Å². The van der Waals surface area contributed by atoms with E-state index >= 15 is 0 Å². The van der Waals surface area contributed by atoms with Gasteiger partial charge in [-0.3, -0.25) is 4.79 Å². The van der Waals surface area contributed by atoms with Crippen molar-refractivity contribution < 1.29 is 9.53 Å². The highest BCUT2D eigenvalue weighted by atomic mass is 28.3. The molecule has 0 heterocycles. The first-order valence-electron chi connectivity index (χ1n) is 5.57. The van der Waals surface area contributed by atoms with E-state index in [0.717, 1.165) is 11.1 Å². The highest BCUT2D eigenvalue weighted by Crippen LogP contribution is 2.10. The van der Waals surface area contributed by atoms with Crippen LogP contribution in [-0.4, -0.2) is 14.5 Å². The van der Waals surface area contributed by atoms with Crippen LogP contribution < -0.4 is 0 Å². The molecule has 3 nitrogen and oxygen atoms in total. The molecule has 0 saturated heterocycles. The molecule has 0 radical (unpaired) electrons. The Hall–Kier alpha value is -2.04. The second-order valence-electron chi connectivity index (χ2n) is 4.94. The molecule has 1 rings (SSSR count). The van der Waals surface area contributed by atoms with Crippen molar-refractivity contribution >= 4 is 14.5 Å². The number of ether oxygens (including phenoxy) is 1. The first kappa shape index (κ1) is 14.0. The second kappa shape index (κ2) is 6.04. The predicted molar refractivity (Wildman–Crippen MR) is 72.2 cm³/mol. The number of carbonyl (C=O) groups is 1. The van der Waals surface area contributed by atoms with E-state index in [1.165, 1.54) is 0 Å². The number of nitrogens with zero attached hydrogens (tertiary/aromatic N) is 1. The fraction of sp³-hybridized carbons (Fsp3) is 0.286. The molecular formula is C14H15NO2Si. The van der Waals surface area contributed by atoms with Gasteiger partial charge in [-0.05, 0) is 23.8 Å². The second-order valence-corrected chi connectivity index (χ2v) is 9.69. The highest BCUT2D eigenvalue weighted by molar-refractivity contribution is 6.83. The molecule has 18 heavy (non-hydrogen) atoms. The lowest BCUT2D eigenvalue weighted by molar-refractivity contribution is -0.129. The number of benzene rings is 1. The summed E-state index contributed by atoms with van der Waals surface area (Å²) in [6.45, 7) is 7.03. The first-order valence-corrected chi connectivity index (χ1v) is 9.07. The summed E-state index contributed by atoms with van der Waals surface area (Å²) in [4.78, 5) is 10.2. The number of carbonyl (C=O) groups excluding carboxylic acids is 1. The average Bonchev–Trinajstić information content (AvgIpc) is 2.32. The number of hydrogen-bond acceptors (Lipinski definition) is 3. The van der Waals surface area contributed by atoms with Crippen LogP contribution in [0.25, 0.3) is 0 Å². The molecule has 0 aliphatic rings. The number of hydrogen-bond donors (Lipinski definition) is 0. The van der Waals surface area contributed by atoms with Crippen LogP contribution >= 0.6 is 0 Å². The van der Waals surface area contributed by atoms with Gasteiger partial charge in [0.2, 0.25) is 0 Å². The normalized spacial score (nSPS) is 9.89. The van der Waals surface area contributed by atoms with E-state index in [4.69, 9.17) is 5.26 Å². The molecule has 0 bridgehead atoms. The number of nitriles is 1. The van der Waals surface area contributed by atoms with Crippen LogP contribution in [0.4, 0.5) is 0 Å². The fourth-order valence-electron chi connectivity index (χ4n) is 1.30. The summed E-state index contributed by atoms with van der Waals surface area (Å²) < 4.78 is 4.69. The van der Waals surface area contributed by atoms with Gasteiger partial charge in [0.1, 0.15) is 14.7 Å². The van der Waals surface area contributed by atoms with E-state index in [2.05, 4.69) is 41.9 Å². The molecule has 0 spiro atoms. The fourth-order valence-corrected chi connectivity index (χ4v) is 1.82. The smallest absolute Gasteiger partial charge is 0.293 e. The largest absolute Gasteiger partial charge is 0.463 e. The van der Waals surface area contributed by atoms with Gasteiger partial charge in [-0.15, -0.1) is 5.54 Å². The summed E-state index contributed by atoms with van der Waals surface area (Å²) in [7, 11) is -1.44. The van der Waals surface area contributed by atoms with Crippen LogP contribution in [0.5, 0.6) is 0 Å². The Morgan fingerprint density at radius 3 is 2.50 bits per heavy atom. The molecule has 0 unspecified atom stereocenters. The Labute approximate surface area is 108 Å². The Bertz CT molecular complexity index is 542. The zero-order valence-corrected chi connectivity index (χ0v) is 11.8. The number of rotatable bonds is 3. The van der Waals surface area contributed by atoms with E-state index in [1.807, 2.05) is 6.07 Å². The molecule has 0 aliphatic carbocycles. The van der Waals surface area contributed by atoms with Gasteiger partial charge >= 0.3 is 0 Å². The zero-order chi connectivity index (χ0) is 13.6. The third-order valence-electron chi connectivity index (χ3n) is 2.02. The average molecular weight is 257 g/mol. The molecule has 0 atom stereocenters. The standard InChI is InChI=1S/C14H15NO2Si/c1-18(2,3)5-4-12-6-13(9-15)8-14(7-12)10-17-11-16/h6-8,11H,10H2,1-3H3. The summed E-state index contributed by atoms with van der Waals surface area (Å²) in [5.41, 5.74) is 5.34. The molecule has 0 aliphatic heterocycles. The van der Waals surface area contributed by atoms with Crippen molar-refractivity contribution in [3.63, 3.8) is 0 Å². The van der Waals surface area contributed by atoms with Gasteiger partial charge in [-0.2, -0.15) is 5.26 Å². The van der Waals surface area contributed by atoms with Crippen LogP contribution in [0.2, 0.25) is 19.6 Å². The zero-order valence-electron chi connectivity index (χ0n) is 10.8. The monoisotopic (exact) mass is 257 g/mol. The third-order valence-corrected chi connectivity index (χ3v) is 2.90. The molecule has 92 valence electrons. The molecule has 1 aromatic carbocycles. The van der Waals surface area contributed by atoms with Gasteiger partial charge in [0.25, 0.3) is 6.47 Å². The van der Waals surface area contributed by atoms with Crippen molar-refractivity contribution in [1.82, 2.24) is 0 Å².